The van der Waals surface area contributed by atoms with E-state index >= 15 is 0 Å². The van der Waals surface area contributed by atoms with E-state index in [2.05, 4.69) is 150 Å². The smallest absolute Gasteiger partial charge is 0.181 e. The number of aryl methyl sites for hydroxylation is 2. The Balaban J connectivity index is 0.000000196. The van der Waals surface area contributed by atoms with E-state index in [1.54, 1.807) is 0 Å². The Hall–Kier alpha value is -7.50. The summed E-state index contributed by atoms with van der Waals surface area (Å²) in [5.74, 6) is 2.37. The highest BCUT2D eigenvalue weighted by atomic mass is 15.3. The highest BCUT2D eigenvalue weighted by Gasteiger charge is 2.13. The third-order valence-corrected chi connectivity index (χ3v) is 10.3. The average Bonchev–Trinajstić information content (AvgIpc) is 3.68. The van der Waals surface area contributed by atoms with Crippen LogP contribution in [0.25, 0.3) is 89.4 Å². The van der Waals surface area contributed by atoms with Crippen molar-refractivity contribution in [2.75, 3.05) is 0 Å². The molecule has 0 spiro atoms. The molecule has 0 fully saturated rings. The highest BCUT2D eigenvalue weighted by Crippen LogP contribution is 2.33. The molecule has 0 unspecified atom stereocenters. The van der Waals surface area contributed by atoms with Crippen molar-refractivity contribution in [3.63, 3.8) is 0 Å². The Morgan fingerprint density at radius 3 is 1.61 bits per heavy atom. The zero-order chi connectivity index (χ0) is 38.6. The molecule has 10 aromatic rings. The van der Waals surface area contributed by atoms with Gasteiger partial charge in [-0.05, 0) is 57.3 Å². The van der Waals surface area contributed by atoms with Crippen molar-refractivity contribution in [3.8, 4) is 67.8 Å². The number of hydrogen-bond donors (Lipinski definition) is 0. The number of aromatic nitrogens is 5. The summed E-state index contributed by atoms with van der Waals surface area (Å²) in [6.45, 7) is 2.15. The summed E-state index contributed by atoms with van der Waals surface area (Å²) in [6, 6.07) is 69.2. The molecule has 2 aromatic heterocycles. The van der Waals surface area contributed by atoms with Gasteiger partial charge >= 0.3 is 0 Å². The van der Waals surface area contributed by atoms with Gasteiger partial charge in [0.2, 0.25) is 0 Å². The predicted molar refractivity (Wildman–Crippen MR) is 235 cm³/mol. The molecule has 272 valence electrons. The van der Waals surface area contributed by atoms with Crippen molar-refractivity contribution in [1.29, 1.82) is 0 Å². The van der Waals surface area contributed by atoms with Crippen LogP contribution in [-0.4, -0.2) is 24.7 Å². The zero-order valence-electron chi connectivity index (χ0n) is 31.8. The van der Waals surface area contributed by atoms with Gasteiger partial charge in [0.05, 0.1) is 11.4 Å². The summed E-state index contributed by atoms with van der Waals surface area (Å²) < 4.78 is 1.82. The van der Waals surface area contributed by atoms with E-state index in [9.17, 15) is 0 Å². The number of benzene rings is 8. The molecule has 0 aliphatic carbocycles. The van der Waals surface area contributed by atoms with Gasteiger partial charge in [-0.15, -0.1) is 0 Å². The Kier molecular flexibility index (Phi) is 9.70. The maximum atomic E-state index is 5.08. The fourth-order valence-corrected chi connectivity index (χ4v) is 7.28. The maximum Gasteiger partial charge on any atom is 0.181 e. The van der Waals surface area contributed by atoms with E-state index < -0.39 is 0 Å². The van der Waals surface area contributed by atoms with Gasteiger partial charge in [-0.2, -0.15) is 5.10 Å². The fraction of sp³-hybridized carbons (Fsp3) is 0.0385. The monoisotopic (exact) mass is 733 g/mol. The SMILES string of the molecule is Cc1ccccc1-c1ccc(-c2nc(-c3ccccc3)cc(-c3ccc4c(ccc5ccccc54)c3)n2)cc1.Cn1nc(-c2ccccc2)nc1-c1ccccc1. The van der Waals surface area contributed by atoms with Crippen LogP contribution in [0.4, 0.5) is 0 Å². The highest BCUT2D eigenvalue weighted by molar-refractivity contribution is 6.08. The van der Waals surface area contributed by atoms with E-state index in [-0.39, 0.29) is 0 Å². The second-order valence-corrected chi connectivity index (χ2v) is 14.1. The first-order valence-electron chi connectivity index (χ1n) is 19.1. The lowest BCUT2D eigenvalue weighted by molar-refractivity contribution is 0.777. The Labute approximate surface area is 332 Å². The lowest BCUT2D eigenvalue weighted by Gasteiger charge is -2.11. The van der Waals surface area contributed by atoms with Crippen LogP contribution in [0.1, 0.15) is 5.56 Å². The molecular weight excluding hydrogens is 695 g/mol. The molecule has 0 N–H and O–H groups in total. The van der Waals surface area contributed by atoms with Gasteiger partial charge in [-0.3, -0.25) is 0 Å². The first-order chi connectivity index (χ1) is 28.1. The van der Waals surface area contributed by atoms with Crippen molar-refractivity contribution in [3.05, 3.63) is 206 Å². The number of hydrogen-bond acceptors (Lipinski definition) is 4. The molecule has 0 bridgehead atoms. The first-order valence-corrected chi connectivity index (χ1v) is 19.1. The molecule has 0 aliphatic heterocycles. The molecule has 5 heteroatoms. The van der Waals surface area contributed by atoms with Gasteiger partial charge in [0.15, 0.2) is 17.5 Å². The average molecular weight is 734 g/mol. The molecule has 5 nitrogen and oxygen atoms in total. The molecule has 57 heavy (non-hydrogen) atoms. The molecule has 0 amide bonds. The van der Waals surface area contributed by atoms with Gasteiger partial charge in [0.1, 0.15) is 0 Å². The van der Waals surface area contributed by atoms with Gasteiger partial charge in [0.25, 0.3) is 0 Å². The van der Waals surface area contributed by atoms with Gasteiger partial charge in [-0.25, -0.2) is 19.6 Å². The van der Waals surface area contributed by atoms with E-state index in [1.165, 1.54) is 38.2 Å². The summed E-state index contributed by atoms with van der Waals surface area (Å²) >= 11 is 0. The van der Waals surface area contributed by atoms with Crippen LogP contribution in [0.2, 0.25) is 0 Å². The molecule has 0 atom stereocenters. The Bertz CT molecular complexity index is 2960. The molecule has 8 aromatic carbocycles. The van der Waals surface area contributed by atoms with Crippen LogP contribution in [0.3, 0.4) is 0 Å². The largest absolute Gasteiger partial charge is 0.248 e. The quantitative estimate of drug-likeness (QED) is 0.160. The number of fused-ring (bicyclic) bond motifs is 3. The van der Waals surface area contributed by atoms with Crippen molar-refractivity contribution in [2.24, 2.45) is 7.05 Å². The standard InChI is InChI=1S/C37H26N2.C15H13N3/c1-25-9-5-7-13-32(25)27-15-18-29(19-16-27)37-38-35(28-11-3-2-4-12-28)24-36(39-37)31-21-22-34-30(23-31)20-17-26-10-6-8-14-33(26)34;1-18-15(13-10-6-3-7-11-13)16-14(17-18)12-8-4-2-5-9-12/h2-24H,1H3;2-11H,1H3. The molecule has 0 saturated heterocycles. The lowest BCUT2D eigenvalue weighted by Crippen LogP contribution is -1.96. The van der Waals surface area contributed by atoms with Crippen molar-refractivity contribution in [1.82, 2.24) is 24.7 Å². The van der Waals surface area contributed by atoms with Gasteiger partial charge in [0, 0.05) is 34.9 Å². The first kappa shape index (κ1) is 35.2. The topological polar surface area (TPSA) is 56.5 Å². The summed E-state index contributed by atoms with van der Waals surface area (Å²) in [4.78, 5) is 14.7. The van der Waals surface area contributed by atoms with Crippen LogP contribution >= 0.6 is 0 Å². The van der Waals surface area contributed by atoms with E-state index in [0.717, 1.165) is 56.7 Å². The zero-order valence-corrected chi connectivity index (χ0v) is 31.8. The van der Waals surface area contributed by atoms with Crippen LogP contribution in [0, 0.1) is 6.92 Å². The van der Waals surface area contributed by atoms with Gasteiger partial charge in [-0.1, -0.05) is 188 Å². The summed E-state index contributed by atoms with van der Waals surface area (Å²) in [7, 11) is 1.92. The van der Waals surface area contributed by atoms with Crippen molar-refractivity contribution < 1.29 is 0 Å². The van der Waals surface area contributed by atoms with E-state index in [0.29, 0.717) is 0 Å². The van der Waals surface area contributed by atoms with E-state index in [4.69, 9.17) is 9.97 Å². The number of rotatable bonds is 6. The lowest BCUT2D eigenvalue weighted by atomic mass is 9.98. The third kappa shape index (κ3) is 7.47. The molecule has 10 rings (SSSR count). The van der Waals surface area contributed by atoms with Crippen molar-refractivity contribution >= 4 is 21.5 Å². The molecular formula is C52H39N5. The third-order valence-electron chi connectivity index (χ3n) is 10.3. The predicted octanol–water partition coefficient (Wildman–Crippen LogP) is 12.9. The maximum absolute atomic E-state index is 5.08. The van der Waals surface area contributed by atoms with Gasteiger partial charge < -0.3 is 0 Å². The Morgan fingerprint density at radius 2 is 0.895 bits per heavy atom. The second-order valence-electron chi connectivity index (χ2n) is 14.1. The molecule has 0 radical (unpaired) electrons. The Morgan fingerprint density at radius 1 is 0.368 bits per heavy atom. The van der Waals surface area contributed by atoms with Crippen LogP contribution < -0.4 is 0 Å². The molecule has 0 aliphatic rings. The van der Waals surface area contributed by atoms with Crippen LogP contribution in [0.15, 0.2) is 200 Å². The minimum Gasteiger partial charge on any atom is -0.248 e. The molecule has 0 saturated carbocycles. The second kappa shape index (κ2) is 15.7. The summed E-state index contributed by atoms with van der Waals surface area (Å²) in [6.07, 6.45) is 0. The van der Waals surface area contributed by atoms with E-state index in [1.807, 2.05) is 78.5 Å². The fourth-order valence-electron chi connectivity index (χ4n) is 7.28. The molecule has 2 heterocycles. The summed E-state index contributed by atoms with van der Waals surface area (Å²) in [5.41, 5.74) is 10.8. The van der Waals surface area contributed by atoms with Crippen LogP contribution in [0.5, 0.6) is 0 Å². The number of nitrogens with zero attached hydrogens (tertiary/aromatic N) is 5. The minimum absolute atomic E-state index is 0.723. The van der Waals surface area contributed by atoms with Crippen molar-refractivity contribution in [2.45, 2.75) is 6.92 Å². The van der Waals surface area contributed by atoms with Crippen LogP contribution in [-0.2, 0) is 7.05 Å². The normalized spacial score (nSPS) is 11.0. The minimum atomic E-state index is 0.723. The summed E-state index contributed by atoms with van der Waals surface area (Å²) in [5, 5.41) is 9.44.